The first-order valence-electron chi connectivity index (χ1n) is 11.6. The molecule has 3 aromatic rings. The number of alkyl halides is 3. The molecule has 1 atom stereocenters. The zero-order chi connectivity index (χ0) is 26.0. The second-order valence-electron chi connectivity index (χ2n) is 8.65. The van der Waals surface area contributed by atoms with E-state index in [9.17, 15) is 22.8 Å². The van der Waals surface area contributed by atoms with Crippen LogP contribution in [0.3, 0.4) is 0 Å². The van der Waals surface area contributed by atoms with Gasteiger partial charge in [-0.15, -0.1) is 0 Å². The van der Waals surface area contributed by atoms with Gasteiger partial charge in [0, 0.05) is 30.8 Å². The van der Waals surface area contributed by atoms with Gasteiger partial charge < -0.3 is 28.4 Å². The number of ether oxygens (including phenoxy) is 3. The number of hydrogen-bond acceptors (Lipinski definition) is 6. The Morgan fingerprint density at radius 3 is 2.49 bits per heavy atom. The minimum absolute atomic E-state index is 0.0861. The highest BCUT2D eigenvalue weighted by molar-refractivity contribution is 5.95. The van der Waals surface area contributed by atoms with Gasteiger partial charge >= 0.3 is 6.18 Å². The lowest BCUT2D eigenvalue weighted by molar-refractivity contribution is -0.137. The molecule has 2 aliphatic rings. The Hall–Kier alpha value is -3.99. The fourth-order valence-electron chi connectivity index (χ4n) is 4.27. The molecule has 1 aromatic heterocycles. The molecule has 5 rings (SSSR count). The van der Waals surface area contributed by atoms with Crippen molar-refractivity contribution < 1.29 is 41.4 Å². The minimum Gasteiger partial charge on any atom is -0.467 e. The van der Waals surface area contributed by atoms with Gasteiger partial charge in [-0.3, -0.25) is 9.59 Å². The number of benzene rings is 2. The second kappa shape index (κ2) is 10.2. The van der Waals surface area contributed by atoms with E-state index in [1.807, 2.05) is 0 Å². The van der Waals surface area contributed by atoms with Crippen LogP contribution in [0.2, 0.25) is 0 Å². The lowest BCUT2D eigenvalue weighted by Crippen LogP contribution is -2.50. The van der Waals surface area contributed by atoms with Gasteiger partial charge in [0.05, 0.1) is 31.1 Å². The predicted molar refractivity (Wildman–Crippen MR) is 123 cm³/mol. The molecule has 0 N–H and O–H groups in total. The molecule has 1 fully saturated rings. The number of nitrogens with zero attached hydrogens (tertiary/aromatic N) is 2. The van der Waals surface area contributed by atoms with Crippen LogP contribution < -0.4 is 9.47 Å². The SMILES string of the molecule is O=C(c1ccc2c(c1)OCO2)N1CCOC(CN(Cc2ccco2)C(=O)c2ccc(C(F)(F)F)cc2)C1. The molecule has 8 nitrogen and oxygen atoms in total. The molecule has 3 heterocycles. The topological polar surface area (TPSA) is 81.4 Å². The first-order valence-corrected chi connectivity index (χ1v) is 11.6. The highest BCUT2D eigenvalue weighted by Gasteiger charge is 2.32. The second-order valence-corrected chi connectivity index (χ2v) is 8.65. The lowest BCUT2D eigenvalue weighted by Gasteiger charge is -2.35. The Labute approximate surface area is 210 Å². The summed E-state index contributed by atoms with van der Waals surface area (Å²) in [6.45, 7) is 1.15. The van der Waals surface area contributed by atoms with Gasteiger partial charge in [-0.25, -0.2) is 0 Å². The number of amides is 2. The van der Waals surface area contributed by atoms with Crippen molar-refractivity contribution in [2.45, 2.75) is 18.8 Å². The Bertz CT molecular complexity index is 1260. The summed E-state index contributed by atoms with van der Waals surface area (Å²) in [5.41, 5.74) is -0.295. The van der Waals surface area contributed by atoms with Gasteiger partial charge in [0.25, 0.3) is 11.8 Å². The molecule has 1 unspecified atom stereocenters. The smallest absolute Gasteiger partial charge is 0.416 e. The molecule has 11 heteroatoms. The first-order chi connectivity index (χ1) is 17.8. The molecule has 2 aliphatic heterocycles. The third-order valence-electron chi connectivity index (χ3n) is 6.14. The average molecular weight is 516 g/mol. The van der Waals surface area contributed by atoms with Crippen molar-refractivity contribution in [3.05, 3.63) is 83.3 Å². The van der Waals surface area contributed by atoms with E-state index in [0.717, 1.165) is 24.3 Å². The van der Waals surface area contributed by atoms with E-state index in [1.165, 1.54) is 11.2 Å². The van der Waals surface area contributed by atoms with Crippen LogP contribution in [0.15, 0.2) is 65.3 Å². The van der Waals surface area contributed by atoms with Crippen molar-refractivity contribution in [1.82, 2.24) is 9.80 Å². The van der Waals surface area contributed by atoms with Crippen LogP contribution in [0.4, 0.5) is 13.2 Å². The van der Waals surface area contributed by atoms with Crippen molar-refractivity contribution in [2.24, 2.45) is 0 Å². The molecule has 2 aromatic carbocycles. The number of furan rings is 1. The number of fused-ring (bicyclic) bond motifs is 1. The molecule has 1 saturated heterocycles. The van der Waals surface area contributed by atoms with Gasteiger partial charge in [-0.2, -0.15) is 13.2 Å². The van der Waals surface area contributed by atoms with Crippen LogP contribution in [-0.2, 0) is 17.5 Å². The lowest BCUT2D eigenvalue weighted by atomic mass is 10.1. The monoisotopic (exact) mass is 516 g/mol. The van der Waals surface area contributed by atoms with E-state index in [2.05, 4.69) is 0 Å². The Kier molecular flexibility index (Phi) is 6.79. The van der Waals surface area contributed by atoms with E-state index in [-0.39, 0.29) is 44.5 Å². The van der Waals surface area contributed by atoms with E-state index in [4.69, 9.17) is 18.6 Å². The van der Waals surface area contributed by atoms with Crippen LogP contribution in [0.5, 0.6) is 11.5 Å². The van der Waals surface area contributed by atoms with Crippen LogP contribution in [0.25, 0.3) is 0 Å². The summed E-state index contributed by atoms with van der Waals surface area (Å²) < 4.78 is 60.8. The molecular formula is C26H23F3N2O6. The number of hydrogen-bond donors (Lipinski definition) is 0. The van der Waals surface area contributed by atoms with E-state index in [0.29, 0.717) is 29.4 Å². The normalized spacial score (nSPS) is 17.1. The molecular weight excluding hydrogens is 493 g/mol. The number of rotatable bonds is 6. The summed E-state index contributed by atoms with van der Waals surface area (Å²) >= 11 is 0. The van der Waals surface area contributed by atoms with Crippen LogP contribution in [0.1, 0.15) is 32.0 Å². The highest BCUT2D eigenvalue weighted by atomic mass is 19.4. The summed E-state index contributed by atoms with van der Waals surface area (Å²) in [6, 6.07) is 12.4. The number of carbonyl (C=O) groups is 2. The van der Waals surface area contributed by atoms with E-state index >= 15 is 0 Å². The fraction of sp³-hybridized carbons (Fsp3) is 0.308. The number of halogens is 3. The van der Waals surface area contributed by atoms with Crippen LogP contribution >= 0.6 is 0 Å². The first kappa shape index (κ1) is 24.7. The number of carbonyl (C=O) groups excluding carboxylic acids is 2. The van der Waals surface area contributed by atoms with Gasteiger partial charge in [-0.1, -0.05) is 0 Å². The molecule has 0 aliphatic carbocycles. The number of morpholine rings is 1. The molecule has 0 bridgehead atoms. The predicted octanol–water partition coefficient (Wildman–Crippen LogP) is 4.21. The fourth-order valence-corrected chi connectivity index (χ4v) is 4.27. The summed E-state index contributed by atoms with van der Waals surface area (Å²) in [5.74, 6) is 0.893. The maximum atomic E-state index is 13.3. The van der Waals surface area contributed by atoms with Gasteiger partial charge in [-0.05, 0) is 54.6 Å². The standard InChI is InChI=1S/C26H23F3N2O6/c27-26(28,29)19-6-3-17(4-7-19)24(32)31(13-20-2-1-10-34-20)15-21-14-30(9-11-35-21)25(33)18-5-8-22-23(12-18)37-16-36-22/h1-8,10,12,21H,9,11,13-16H2. The van der Waals surface area contributed by atoms with Crippen molar-refractivity contribution in [1.29, 1.82) is 0 Å². The van der Waals surface area contributed by atoms with Gasteiger partial charge in [0.1, 0.15) is 5.76 Å². The van der Waals surface area contributed by atoms with Crippen molar-refractivity contribution >= 4 is 11.8 Å². The molecule has 0 spiro atoms. The van der Waals surface area contributed by atoms with Crippen LogP contribution in [-0.4, -0.2) is 60.8 Å². The maximum absolute atomic E-state index is 13.3. The van der Waals surface area contributed by atoms with Gasteiger partial charge in [0.15, 0.2) is 11.5 Å². The Morgan fingerprint density at radius 2 is 1.76 bits per heavy atom. The Morgan fingerprint density at radius 1 is 1.00 bits per heavy atom. The molecule has 0 radical (unpaired) electrons. The minimum atomic E-state index is -4.50. The third kappa shape index (κ3) is 5.56. The zero-order valence-corrected chi connectivity index (χ0v) is 19.6. The molecule has 37 heavy (non-hydrogen) atoms. The molecule has 2 amide bonds. The zero-order valence-electron chi connectivity index (χ0n) is 19.6. The van der Waals surface area contributed by atoms with Crippen molar-refractivity contribution in [3.8, 4) is 11.5 Å². The summed E-state index contributed by atoms with van der Waals surface area (Å²) in [7, 11) is 0. The summed E-state index contributed by atoms with van der Waals surface area (Å²) in [6.07, 6.45) is -3.54. The highest BCUT2D eigenvalue weighted by Crippen LogP contribution is 2.33. The molecule has 194 valence electrons. The van der Waals surface area contributed by atoms with Crippen LogP contribution in [0, 0.1) is 0 Å². The average Bonchev–Trinajstić information content (AvgIpc) is 3.59. The van der Waals surface area contributed by atoms with E-state index in [1.54, 1.807) is 35.2 Å². The summed E-state index contributed by atoms with van der Waals surface area (Å²) in [5, 5.41) is 0. The summed E-state index contributed by atoms with van der Waals surface area (Å²) in [4.78, 5) is 29.5. The molecule has 0 saturated carbocycles. The van der Waals surface area contributed by atoms with Crippen molar-refractivity contribution in [2.75, 3.05) is 33.0 Å². The largest absolute Gasteiger partial charge is 0.467 e. The Balaban J connectivity index is 1.30. The van der Waals surface area contributed by atoms with Gasteiger partial charge in [0.2, 0.25) is 6.79 Å². The third-order valence-corrected chi connectivity index (χ3v) is 6.14. The quantitative estimate of drug-likeness (QED) is 0.488. The maximum Gasteiger partial charge on any atom is 0.416 e. The van der Waals surface area contributed by atoms with Crippen molar-refractivity contribution in [3.63, 3.8) is 0 Å². The van der Waals surface area contributed by atoms with E-state index < -0.39 is 23.8 Å².